The highest BCUT2D eigenvalue weighted by atomic mass is 28.3. The fraction of sp³-hybridized carbons (Fsp3) is 0.478. The maximum absolute atomic E-state index is 15.4. The van der Waals surface area contributed by atoms with E-state index in [9.17, 15) is 13.2 Å². The van der Waals surface area contributed by atoms with Crippen molar-refractivity contribution in [2.75, 3.05) is 11.5 Å². The number of hydrogen-bond donors (Lipinski definition) is 0. The van der Waals surface area contributed by atoms with Crippen LogP contribution in [0.2, 0.25) is 23.7 Å². The lowest BCUT2D eigenvalue weighted by Gasteiger charge is -2.48. The number of rotatable bonds is 11. The summed E-state index contributed by atoms with van der Waals surface area (Å²) < 4.78 is 80.3. The SMILES string of the molecule is CC(C)(C)OCCCCCC[Si](C)(C1C2C=CC=CC2C2C=CC=CC21)C1C2C=CC=CC2C2C1c1ccccc1N2Cc1c(F)c(F)c(F)c(F)c1F. The Hall–Kier alpha value is -3.49. The summed E-state index contributed by atoms with van der Waals surface area (Å²) in [6, 6.07) is 9.04. The van der Waals surface area contributed by atoms with Crippen LogP contribution in [0.5, 0.6) is 0 Å². The highest BCUT2D eigenvalue weighted by Crippen LogP contribution is 2.70. The van der Waals surface area contributed by atoms with Crippen LogP contribution in [-0.4, -0.2) is 26.3 Å². The van der Waals surface area contributed by atoms with Gasteiger partial charge in [-0.15, -0.1) is 0 Å². The fourth-order valence-corrected chi connectivity index (χ4v) is 18.8. The Kier molecular flexibility index (Phi) is 10.1. The summed E-state index contributed by atoms with van der Waals surface area (Å²) >= 11 is 0. The number of hydrogen-bond acceptors (Lipinski definition) is 2. The molecule has 0 saturated heterocycles. The number of halogens is 5. The molecule has 0 aromatic heterocycles. The number of allylic oxidation sites excluding steroid dienone is 11. The topological polar surface area (TPSA) is 12.5 Å². The molecule has 2 aromatic carbocycles. The normalized spacial score (nSPS) is 32.4. The zero-order chi connectivity index (χ0) is 37.9. The quantitative estimate of drug-likeness (QED) is 0.0744. The van der Waals surface area contributed by atoms with Crippen molar-refractivity contribution in [2.45, 2.75) is 94.2 Å². The Morgan fingerprint density at radius 2 is 1.11 bits per heavy atom. The van der Waals surface area contributed by atoms with Crippen molar-refractivity contribution in [1.29, 1.82) is 0 Å². The number of anilines is 1. The van der Waals surface area contributed by atoms with E-state index < -0.39 is 49.3 Å². The van der Waals surface area contributed by atoms with Gasteiger partial charge in [0.2, 0.25) is 5.82 Å². The molecule has 0 N–H and O–H groups in total. The van der Waals surface area contributed by atoms with Crippen LogP contribution in [0, 0.1) is 64.6 Å². The predicted molar refractivity (Wildman–Crippen MR) is 209 cm³/mol. The molecule has 10 atom stereocenters. The van der Waals surface area contributed by atoms with E-state index in [4.69, 9.17) is 4.74 Å². The molecule has 286 valence electrons. The second-order valence-corrected chi connectivity index (χ2v) is 22.6. The van der Waals surface area contributed by atoms with Crippen LogP contribution in [0.1, 0.15) is 63.5 Å². The van der Waals surface area contributed by atoms with E-state index in [2.05, 4.69) is 106 Å². The van der Waals surface area contributed by atoms with Gasteiger partial charge in [0.25, 0.3) is 0 Å². The summed E-state index contributed by atoms with van der Waals surface area (Å²) in [7, 11) is -2.36. The van der Waals surface area contributed by atoms with Gasteiger partial charge in [0.1, 0.15) is 0 Å². The highest BCUT2D eigenvalue weighted by molar-refractivity contribution is 6.82. The van der Waals surface area contributed by atoms with Crippen molar-refractivity contribution in [3.05, 3.63) is 137 Å². The molecule has 2 aromatic rings. The zero-order valence-electron chi connectivity index (χ0n) is 31.7. The average Bonchev–Trinajstić information content (AvgIpc) is 3.80. The molecule has 8 rings (SSSR count). The van der Waals surface area contributed by atoms with E-state index in [0.717, 1.165) is 49.6 Å². The summed E-state index contributed by atoms with van der Waals surface area (Å²) in [5.41, 5.74) is 1.82. The van der Waals surface area contributed by atoms with E-state index in [-0.39, 0.29) is 29.4 Å². The van der Waals surface area contributed by atoms with Gasteiger partial charge in [0, 0.05) is 42.3 Å². The van der Waals surface area contributed by atoms with E-state index in [1.165, 1.54) is 0 Å². The van der Waals surface area contributed by atoms with Gasteiger partial charge in [-0.2, -0.15) is 0 Å². The smallest absolute Gasteiger partial charge is 0.200 e. The molecule has 6 aliphatic rings. The Balaban J connectivity index is 1.21. The van der Waals surface area contributed by atoms with Crippen molar-refractivity contribution >= 4 is 13.8 Å². The molecule has 10 unspecified atom stereocenters. The molecule has 2 saturated carbocycles. The molecule has 2 fully saturated rings. The molecule has 0 spiro atoms. The monoisotopic (exact) mass is 757 g/mol. The van der Waals surface area contributed by atoms with Crippen molar-refractivity contribution in [3.8, 4) is 0 Å². The number of unbranched alkanes of at least 4 members (excludes halogenated alkanes) is 3. The summed E-state index contributed by atoms with van der Waals surface area (Å²) in [5, 5.41) is 0. The zero-order valence-corrected chi connectivity index (χ0v) is 32.7. The minimum atomic E-state index is -2.36. The van der Waals surface area contributed by atoms with Crippen LogP contribution in [-0.2, 0) is 11.3 Å². The predicted octanol–water partition coefficient (Wildman–Crippen LogP) is 12.2. The first-order valence-electron chi connectivity index (χ1n) is 20.0. The molecular formula is C46H52F5NOSi. The molecule has 1 heterocycles. The van der Waals surface area contributed by atoms with E-state index in [1.54, 1.807) is 0 Å². The van der Waals surface area contributed by atoms with Crippen molar-refractivity contribution in [1.82, 2.24) is 0 Å². The third kappa shape index (κ3) is 6.24. The van der Waals surface area contributed by atoms with Gasteiger partial charge in [-0.25, -0.2) is 22.0 Å². The number of ether oxygens (including phenoxy) is 1. The third-order valence-corrected chi connectivity index (χ3v) is 19.8. The maximum atomic E-state index is 15.4. The summed E-state index contributed by atoms with van der Waals surface area (Å²) in [4.78, 5) is 1.98. The fourth-order valence-electron chi connectivity index (χ4n) is 11.8. The number of para-hydroxylation sites is 1. The van der Waals surface area contributed by atoms with Crippen molar-refractivity contribution in [2.24, 2.45) is 35.5 Å². The largest absolute Gasteiger partial charge is 0.376 e. The minimum Gasteiger partial charge on any atom is -0.376 e. The van der Waals surface area contributed by atoms with E-state index in [0.29, 0.717) is 34.8 Å². The molecule has 0 radical (unpaired) electrons. The molecule has 8 heteroatoms. The lowest BCUT2D eigenvalue weighted by molar-refractivity contribution is -0.00471. The minimum absolute atomic E-state index is 0.0246. The number of nitrogens with zero attached hydrogens (tertiary/aromatic N) is 1. The van der Waals surface area contributed by atoms with Crippen molar-refractivity contribution in [3.63, 3.8) is 0 Å². The van der Waals surface area contributed by atoms with E-state index in [1.807, 2.05) is 23.1 Å². The van der Waals surface area contributed by atoms with Gasteiger partial charge in [0.15, 0.2) is 23.3 Å². The first-order chi connectivity index (χ1) is 25.9. The first kappa shape index (κ1) is 37.4. The van der Waals surface area contributed by atoms with Gasteiger partial charge in [-0.1, -0.05) is 123 Å². The van der Waals surface area contributed by atoms with Gasteiger partial charge in [0.05, 0.1) is 13.7 Å². The molecule has 0 bridgehead atoms. The van der Waals surface area contributed by atoms with Crippen LogP contribution in [0.3, 0.4) is 0 Å². The maximum Gasteiger partial charge on any atom is 0.200 e. The lowest BCUT2D eigenvalue weighted by atomic mass is 9.83. The highest BCUT2D eigenvalue weighted by Gasteiger charge is 2.66. The molecule has 1 aliphatic heterocycles. The number of fused-ring (bicyclic) bond motifs is 8. The molecule has 2 nitrogen and oxygen atoms in total. The molecule has 0 amide bonds. The Morgan fingerprint density at radius 3 is 1.70 bits per heavy atom. The van der Waals surface area contributed by atoms with Crippen LogP contribution in [0.4, 0.5) is 27.6 Å². The lowest BCUT2D eigenvalue weighted by Crippen LogP contribution is -2.48. The van der Waals surface area contributed by atoms with E-state index >= 15 is 8.78 Å². The summed E-state index contributed by atoms with van der Waals surface area (Å²) in [5.74, 6) is -7.45. The van der Waals surface area contributed by atoms with Crippen LogP contribution in [0.15, 0.2) is 97.2 Å². The van der Waals surface area contributed by atoms with Crippen molar-refractivity contribution < 1.29 is 26.7 Å². The standard InChI is InChI=1S/C46H52F5NOSi/c1-46(2,3)53-25-15-5-6-16-26-54(4,44-31-20-10-7-17-28(31)29-18-8-11-21-32(29)44)45-33-22-12-9-19-30(33)43-37(45)34-23-13-14-24-36(34)52(43)27-35-38(47)40(49)42(51)41(50)39(35)48/h7-14,17-24,28-33,37,43-45H,5-6,15-16,25-27H2,1-4H3. The molecule has 54 heavy (non-hydrogen) atoms. The Morgan fingerprint density at radius 1 is 0.611 bits per heavy atom. The summed E-state index contributed by atoms with van der Waals surface area (Å²) in [6.07, 6.45) is 32.0. The first-order valence-corrected chi connectivity index (χ1v) is 22.8. The Labute approximate surface area is 318 Å². The van der Waals surface area contributed by atoms with Gasteiger partial charge in [-0.05, 0) is 79.5 Å². The Bertz CT molecular complexity index is 1880. The van der Waals surface area contributed by atoms with Gasteiger partial charge in [-0.3, -0.25) is 0 Å². The van der Waals surface area contributed by atoms with Crippen LogP contribution < -0.4 is 4.90 Å². The molecular weight excluding hydrogens is 706 g/mol. The second-order valence-electron chi connectivity index (χ2n) is 17.7. The average molecular weight is 758 g/mol. The number of benzene rings is 2. The molecule has 5 aliphatic carbocycles. The van der Waals surface area contributed by atoms with Crippen LogP contribution >= 0.6 is 0 Å². The second kappa shape index (κ2) is 14.5. The van der Waals surface area contributed by atoms with Crippen LogP contribution in [0.25, 0.3) is 0 Å². The van der Waals surface area contributed by atoms with Gasteiger partial charge < -0.3 is 9.64 Å². The van der Waals surface area contributed by atoms with Gasteiger partial charge >= 0.3 is 0 Å². The summed E-state index contributed by atoms with van der Waals surface area (Å²) in [6.45, 7) is 9.32. The third-order valence-electron chi connectivity index (χ3n) is 13.8.